The average Bonchev–Trinajstić information content (AvgIpc) is 3.21. The zero-order valence-electron chi connectivity index (χ0n) is 19.9. The minimum Gasteiger partial charge on any atom is -0.493 e. The van der Waals surface area contributed by atoms with E-state index in [9.17, 15) is 4.79 Å². The van der Waals surface area contributed by atoms with Crippen molar-refractivity contribution in [3.05, 3.63) is 101 Å². The zero-order chi connectivity index (χ0) is 24.1. The summed E-state index contributed by atoms with van der Waals surface area (Å²) in [6.07, 6.45) is 1.73. The van der Waals surface area contributed by atoms with E-state index in [4.69, 9.17) is 9.47 Å². The summed E-state index contributed by atoms with van der Waals surface area (Å²) in [4.78, 5) is 19.9. The van der Waals surface area contributed by atoms with Crippen molar-refractivity contribution in [3.8, 4) is 17.2 Å². The van der Waals surface area contributed by atoms with Gasteiger partial charge in [-0.3, -0.25) is 9.78 Å². The number of carbonyl (C=O) groups is 1. The van der Waals surface area contributed by atoms with Crippen LogP contribution >= 0.6 is 0 Å². The van der Waals surface area contributed by atoms with Crippen LogP contribution in [0, 0.1) is 13.8 Å². The molecule has 34 heavy (non-hydrogen) atoms. The molecular formula is C27H28N4O3. The first-order valence-electron chi connectivity index (χ1n) is 11.0. The molecule has 0 radical (unpaired) electrons. The average molecular weight is 457 g/mol. The van der Waals surface area contributed by atoms with E-state index in [1.807, 2.05) is 85.3 Å². The summed E-state index contributed by atoms with van der Waals surface area (Å²) in [5.41, 5.74) is 5.11. The Hall–Kier alpha value is -4.13. The number of aromatic nitrogens is 3. The van der Waals surface area contributed by atoms with Crippen LogP contribution in [0.2, 0.25) is 0 Å². The number of amides is 1. The molecule has 7 heteroatoms. The van der Waals surface area contributed by atoms with Crippen LogP contribution in [-0.2, 0) is 13.1 Å². The Balaban J connectivity index is 1.67. The maximum Gasteiger partial charge on any atom is 0.254 e. The van der Waals surface area contributed by atoms with Gasteiger partial charge in [-0.25, -0.2) is 4.68 Å². The predicted molar refractivity (Wildman–Crippen MR) is 130 cm³/mol. The van der Waals surface area contributed by atoms with Gasteiger partial charge in [-0.05, 0) is 67.9 Å². The summed E-state index contributed by atoms with van der Waals surface area (Å²) < 4.78 is 12.7. The van der Waals surface area contributed by atoms with E-state index in [0.29, 0.717) is 30.2 Å². The number of nitrogens with zero attached hydrogens (tertiary/aromatic N) is 4. The van der Waals surface area contributed by atoms with Crippen LogP contribution in [0.15, 0.2) is 72.9 Å². The van der Waals surface area contributed by atoms with Crippen LogP contribution in [0.1, 0.15) is 33.0 Å². The van der Waals surface area contributed by atoms with Crippen LogP contribution in [0.4, 0.5) is 0 Å². The topological polar surface area (TPSA) is 69.5 Å². The lowest BCUT2D eigenvalue weighted by Gasteiger charge is -2.23. The molecule has 0 spiro atoms. The molecule has 0 unspecified atom stereocenters. The van der Waals surface area contributed by atoms with E-state index >= 15 is 0 Å². The van der Waals surface area contributed by atoms with Gasteiger partial charge in [0.05, 0.1) is 37.8 Å². The minimum absolute atomic E-state index is 0.0937. The van der Waals surface area contributed by atoms with Gasteiger partial charge >= 0.3 is 0 Å². The van der Waals surface area contributed by atoms with Gasteiger partial charge in [0.15, 0.2) is 11.5 Å². The van der Waals surface area contributed by atoms with Gasteiger partial charge in [0, 0.05) is 24.0 Å². The van der Waals surface area contributed by atoms with Crippen LogP contribution in [-0.4, -0.2) is 39.8 Å². The number of benzene rings is 2. The zero-order valence-corrected chi connectivity index (χ0v) is 19.9. The van der Waals surface area contributed by atoms with Crippen molar-refractivity contribution in [2.75, 3.05) is 14.2 Å². The van der Waals surface area contributed by atoms with Crippen molar-refractivity contribution in [2.45, 2.75) is 26.9 Å². The number of ether oxygens (including phenoxy) is 2. The van der Waals surface area contributed by atoms with E-state index in [1.54, 1.807) is 25.3 Å². The molecule has 0 atom stereocenters. The lowest BCUT2D eigenvalue weighted by molar-refractivity contribution is 0.0727. The van der Waals surface area contributed by atoms with E-state index in [0.717, 1.165) is 28.3 Å². The van der Waals surface area contributed by atoms with Crippen LogP contribution in [0.5, 0.6) is 11.5 Å². The van der Waals surface area contributed by atoms with E-state index in [2.05, 4.69) is 10.1 Å². The van der Waals surface area contributed by atoms with Gasteiger partial charge in [0.2, 0.25) is 0 Å². The fraction of sp³-hybridized carbons (Fsp3) is 0.222. The number of pyridine rings is 1. The molecule has 0 aliphatic carbocycles. The highest BCUT2D eigenvalue weighted by Gasteiger charge is 2.19. The summed E-state index contributed by atoms with van der Waals surface area (Å²) in [7, 11) is 3.20. The number of carbonyl (C=O) groups excluding carboxylic acids is 1. The summed E-state index contributed by atoms with van der Waals surface area (Å²) in [6.45, 7) is 4.72. The second-order valence-corrected chi connectivity index (χ2v) is 8.06. The molecular weight excluding hydrogens is 428 g/mol. The Morgan fingerprint density at radius 2 is 1.74 bits per heavy atom. The summed E-state index contributed by atoms with van der Waals surface area (Å²) in [6, 6.07) is 20.9. The first kappa shape index (κ1) is 23.0. The van der Waals surface area contributed by atoms with Crippen molar-refractivity contribution in [1.29, 1.82) is 0 Å². The van der Waals surface area contributed by atoms with Crippen molar-refractivity contribution in [3.63, 3.8) is 0 Å². The third kappa shape index (κ3) is 5.09. The molecule has 0 fully saturated rings. The number of aryl methyl sites for hydroxylation is 2. The molecule has 0 aliphatic heterocycles. The van der Waals surface area contributed by atoms with Gasteiger partial charge in [-0.1, -0.05) is 18.2 Å². The lowest BCUT2D eigenvalue weighted by atomic mass is 10.1. The van der Waals surface area contributed by atoms with Gasteiger partial charge in [0.25, 0.3) is 5.91 Å². The summed E-state index contributed by atoms with van der Waals surface area (Å²) in [5.74, 6) is 1.17. The van der Waals surface area contributed by atoms with Gasteiger partial charge < -0.3 is 14.4 Å². The highest BCUT2D eigenvalue weighted by Crippen LogP contribution is 2.28. The Kier molecular flexibility index (Phi) is 6.92. The lowest BCUT2D eigenvalue weighted by Crippen LogP contribution is -2.30. The fourth-order valence-corrected chi connectivity index (χ4v) is 3.93. The maximum absolute atomic E-state index is 13.7. The molecule has 0 aliphatic rings. The Morgan fingerprint density at radius 3 is 2.41 bits per heavy atom. The number of hydrogen-bond donors (Lipinski definition) is 0. The monoisotopic (exact) mass is 456 g/mol. The first-order chi connectivity index (χ1) is 16.5. The second-order valence-electron chi connectivity index (χ2n) is 8.06. The molecule has 1 amide bonds. The molecule has 2 heterocycles. The normalized spacial score (nSPS) is 10.7. The molecule has 0 saturated carbocycles. The fourth-order valence-electron chi connectivity index (χ4n) is 3.93. The molecule has 174 valence electrons. The van der Waals surface area contributed by atoms with E-state index in [-0.39, 0.29) is 5.91 Å². The molecule has 2 aromatic heterocycles. The van der Waals surface area contributed by atoms with E-state index in [1.165, 1.54) is 0 Å². The third-order valence-electron chi connectivity index (χ3n) is 5.53. The van der Waals surface area contributed by atoms with Crippen molar-refractivity contribution < 1.29 is 14.3 Å². The Morgan fingerprint density at radius 1 is 0.912 bits per heavy atom. The SMILES string of the molecule is COc1ccc(CN(Cc2ccccn2)C(=O)c2cccc(-n3nc(C)cc3C)c2)cc1OC. The molecule has 0 N–H and O–H groups in total. The van der Waals surface area contributed by atoms with Crippen LogP contribution in [0.3, 0.4) is 0 Å². The van der Waals surface area contributed by atoms with Crippen LogP contribution in [0.25, 0.3) is 5.69 Å². The number of methoxy groups -OCH3 is 2. The van der Waals surface area contributed by atoms with Gasteiger partial charge in [0.1, 0.15) is 0 Å². The minimum atomic E-state index is -0.0937. The largest absolute Gasteiger partial charge is 0.493 e. The first-order valence-corrected chi connectivity index (χ1v) is 11.0. The van der Waals surface area contributed by atoms with Crippen molar-refractivity contribution in [2.24, 2.45) is 0 Å². The molecule has 0 saturated heterocycles. The Labute approximate surface area is 199 Å². The number of hydrogen-bond acceptors (Lipinski definition) is 5. The maximum atomic E-state index is 13.7. The summed E-state index contributed by atoms with van der Waals surface area (Å²) in [5, 5.41) is 4.55. The third-order valence-corrected chi connectivity index (χ3v) is 5.53. The molecule has 4 aromatic rings. The molecule has 7 nitrogen and oxygen atoms in total. The molecule has 4 rings (SSSR count). The highest BCUT2D eigenvalue weighted by molar-refractivity contribution is 5.94. The van der Waals surface area contributed by atoms with Gasteiger partial charge in [-0.2, -0.15) is 5.10 Å². The predicted octanol–water partition coefficient (Wildman–Crippen LogP) is 4.74. The molecule has 2 aromatic carbocycles. The van der Waals surface area contributed by atoms with Crippen LogP contribution < -0.4 is 9.47 Å². The molecule has 0 bridgehead atoms. The van der Waals surface area contributed by atoms with Gasteiger partial charge in [-0.15, -0.1) is 0 Å². The van der Waals surface area contributed by atoms with Crippen molar-refractivity contribution >= 4 is 5.91 Å². The second kappa shape index (κ2) is 10.2. The smallest absolute Gasteiger partial charge is 0.254 e. The highest BCUT2D eigenvalue weighted by atomic mass is 16.5. The standard InChI is InChI=1S/C27H28N4O3/c1-19-14-20(2)31(29-19)24-10-7-8-22(16-24)27(32)30(18-23-9-5-6-13-28-23)17-21-11-12-25(33-3)26(15-21)34-4/h5-16H,17-18H2,1-4H3. The summed E-state index contributed by atoms with van der Waals surface area (Å²) >= 11 is 0. The number of rotatable bonds is 8. The van der Waals surface area contributed by atoms with E-state index < -0.39 is 0 Å². The quantitative estimate of drug-likeness (QED) is 0.383. The Bertz CT molecular complexity index is 1280. The van der Waals surface area contributed by atoms with Crippen molar-refractivity contribution in [1.82, 2.24) is 19.7 Å².